The van der Waals surface area contributed by atoms with E-state index in [0.717, 1.165) is 31.3 Å². The Hall–Kier alpha value is -1.69. The molecule has 0 bridgehead atoms. The zero-order valence-electron chi connectivity index (χ0n) is 17.9. The van der Waals surface area contributed by atoms with Gasteiger partial charge in [-0.2, -0.15) is 0 Å². The minimum Gasteiger partial charge on any atom is -0.469 e. The van der Waals surface area contributed by atoms with Crippen molar-refractivity contribution >= 4 is 17.7 Å². The smallest absolute Gasteiger partial charge is 0.309 e. The second-order valence-corrected chi connectivity index (χ2v) is 10.9. The highest BCUT2D eigenvalue weighted by Crippen LogP contribution is 2.75. The van der Waals surface area contributed by atoms with Crippen LogP contribution in [0.4, 0.5) is 0 Å². The van der Waals surface area contributed by atoms with Gasteiger partial charge in [-0.15, -0.1) is 0 Å². The molecule has 5 fully saturated rings. The molecule has 1 spiro atoms. The zero-order valence-corrected chi connectivity index (χ0v) is 17.9. The maximum absolute atomic E-state index is 13.0. The molecule has 3 saturated carbocycles. The van der Waals surface area contributed by atoms with Crippen LogP contribution in [-0.2, 0) is 28.6 Å². The number of hydrogen-bond donors (Lipinski definition) is 0. The lowest BCUT2D eigenvalue weighted by molar-refractivity contribution is -0.172. The van der Waals surface area contributed by atoms with E-state index < -0.39 is 5.60 Å². The Morgan fingerprint density at radius 1 is 1.17 bits per heavy atom. The molecule has 6 heteroatoms. The molecule has 6 aliphatic rings. The standard InChI is InChI=1S/C24H30O6/c1-22-7-4-13(25)10-12(22)11-14(21(27)28-3)17-15-5-8-24(9-6-16(26)30-24)23(15,2)20-19(29-20)18(17)22/h10,14-15,17-20H,4-9,11H2,1-3H3/t14?,15?,17?,18?,19-,20?,22-,23+,24+/m0/s1. The van der Waals surface area contributed by atoms with Crippen LogP contribution < -0.4 is 0 Å². The number of ether oxygens (including phenoxy) is 3. The van der Waals surface area contributed by atoms with Crippen molar-refractivity contribution < 1.29 is 28.6 Å². The van der Waals surface area contributed by atoms with Crippen LogP contribution in [0.15, 0.2) is 11.6 Å². The molecule has 0 radical (unpaired) electrons. The third kappa shape index (κ3) is 2.07. The summed E-state index contributed by atoms with van der Waals surface area (Å²) in [6.45, 7) is 4.52. The lowest BCUT2D eigenvalue weighted by atomic mass is 9.44. The van der Waals surface area contributed by atoms with Crippen molar-refractivity contribution in [2.24, 2.45) is 34.5 Å². The van der Waals surface area contributed by atoms with Crippen LogP contribution in [0.5, 0.6) is 0 Å². The Bertz CT molecular complexity index is 892. The topological polar surface area (TPSA) is 82.2 Å². The van der Waals surface area contributed by atoms with Crippen LogP contribution in [0.25, 0.3) is 0 Å². The van der Waals surface area contributed by atoms with Crippen molar-refractivity contribution in [3.05, 3.63) is 11.6 Å². The van der Waals surface area contributed by atoms with E-state index in [1.54, 1.807) is 6.08 Å². The molecule has 4 aliphatic carbocycles. The first kappa shape index (κ1) is 19.0. The highest BCUT2D eigenvalue weighted by Gasteiger charge is 2.79. The van der Waals surface area contributed by atoms with Crippen molar-refractivity contribution in [1.29, 1.82) is 0 Å². The van der Waals surface area contributed by atoms with Gasteiger partial charge in [-0.1, -0.05) is 19.4 Å². The third-order valence-electron chi connectivity index (χ3n) is 10.1. The predicted molar refractivity (Wildman–Crippen MR) is 105 cm³/mol. The summed E-state index contributed by atoms with van der Waals surface area (Å²) in [6, 6.07) is 0. The van der Waals surface area contributed by atoms with E-state index >= 15 is 0 Å². The first-order valence-electron chi connectivity index (χ1n) is 11.4. The quantitative estimate of drug-likeness (QED) is 0.485. The minimum absolute atomic E-state index is 0.0552. The summed E-state index contributed by atoms with van der Waals surface area (Å²) in [5.41, 5.74) is 0.262. The molecule has 0 aromatic rings. The van der Waals surface area contributed by atoms with Gasteiger partial charge in [0.15, 0.2) is 5.78 Å². The first-order valence-corrected chi connectivity index (χ1v) is 11.4. The molecular weight excluding hydrogens is 384 g/mol. The number of carbonyl (C=O) groups excluding carboxylic acids is 3. The highest BCUT2D eigenvalue weighted by molar-refractivity contribution is 5.92. The van der Waals surface area contributed by atoms with Gasteiger partial charge in [0.05, 0.1) is 25.2 Å². The molecule has 0 N–H and O–H groups in total. The fraction of sp³-hybridized carbons (Fsp3) is 0.792. The predicted octanol–water partition coefficient (Wildman–Crippen LogP) is 2.98. The Labute approximate surface area is 176 Å². The van der Waals surface area contributed by atoms with E-state index in [1.807, 2.05) is 0 Å². The maximum Gasteiger partial charge on any atom is 0.309 e. The Morgan fingerprint density at radius 2 is 1.97 bits per heavy atom. The fourth-order valence-corrected chi connectivity index (χ4v) is 8.62. The number of epoxide rings is 1. The lowest BCUT2D eigenvalue weighted by Gasteiger charge is -2.58. The third-order valence-corrected chi connectivity index (χ3v) is 10.1. The van der Waals surface area contributed by atoms with Crippen LogP contribution >= 0.6 is 0 Å². The molecule has 162 valence electrons. The van der Waals surface area contributed by atoms with E-state index in [0.29, 0.717) is 19.3 Å². The van der Waals surface area contributed by atoms with Gasteiger partial charge in [-0.05, 0) is 55.4 Å². The second-order valence-electron chi connectivity index (χ2n) is 10.9. The van der Waals surface area contributed by atoms with E-state index in [-0.39, 0.29) is 64.4 Å². The molecule has 5 unspecified atom stereocenters. The second kappa shape index (κ2) is 5.76. The summed E-state index contributed by atoms with van der Waals surface area (Å²) in [6.07, 6.45) is 6.91. The van der Waals surface area contributed by atoms with Crippen molar-refractivity contribution in [1.82, 2.24) is 0 Å². The number of methoxy groups -OCH3 is 1. The van der Waals surface area contributed by atoms with Crippen LogP contribution in [0.2, 0.25) is 0 Å². The normalized spacial score (nSPS) is 53.2. The van der Waals surface area contributed by atoms with Crippen LogP contribution in [-0.4, -0.2) is 42.6 Å². The molecule has 0 aromatic carbocycles. The first-order chi connectivity index (χ1) is 14.2. The Balaban J connectivity index is 1.48. The van der Waals surface area contributed by atoms with E-state index in [2.05, 4.69) is 13.8 Å². The Morgan fingerprint density at radius 3 is 2.67 bits per heavy atom. The highest BCUT2D eigenvalue weighted by atomic mass is 16.6. The van der Waals surface area contributed by atoms with Gasteiger partial charge in [-0.3, -0.25) is 14.4 Å². The van der Waals surface area contributed by atoms with Gasteiger partial charge in [-0.25, -0.2) is 0 Å². The SMILES string of the molecule is COC(=O)C1CC2=CC(=O)CC[C@]2(C)C2C1C1CC[C@@]3(CCC(=O)O3)[C@@]1(C)C1O[C@H]12. The van der Waals surface area contributed by atoms with Crippen LogP contribution in [0, 0.1) is 34.5 Å². The van der Waals surface area contributed by atoms with Gasteiger partial charge in [0.1, 0.15) is 5.60 Å². The number of ketones is 1. The van der Waals surface area contributed by atoms with E-state index in [4.69, 9.17) is 14.2 Å². The molecule has 0 amide bonds. The van der Waals surface area contributed by atoms with Crippen molar-refractivity contribution in [3.63, 3.8) is 0 Å². The van der Waals surface area contributed by atoms with E-state index in [1.165, 1.54) is 7.11 Å². The van der Waals surface area contributed by atoms with Gasteiger partial charge < -0.3 is 14.2 Å². The summed E-state index contributed by atoms with van der Waals surface area (Å²) in [4.78, 5) is 37.4. The largest absolute Gasteiger partial charge is 0.469 e. The minimum atomic E-state index is -0.459. The molecular formula is C24H30O6. The number of esters is 2. The molecule has 30 heavy (non-hydrogen) atoms. The fourth-order valence-electron chi connectivity index (χ4n) is 8.62. The molecule has 0 aromatic heterocycles. The lowest BCUT2D eigenvalue weighted by Crippen LogP contribution is -2.61. The number of carbonyl (C=O) groups is 3. The molecule has 9 atom stereocenters. The summed E-state index contributed by atoms with van der Waals surface area (Å²) >= 11 is 0. The molecule has 2 saturated heterocycles. The number of rotatable bonds is 1. The average molecular weight is 414 g/mol. The Kier molecular flexibility index (Phi) is 3.65. The monoisotopic (exact) mass is 414 g/mol. The van der Waals surface area contributed by atoms with Gasteiger partial charge in [0, 0.05) is 24.2 Å². The molecule has 6 rings (SSSR count). The van der Waals surface area contributed by atoms with E-state index in [9.17, 15) is 14.4 Å². The van der Waals surface area contributed by atoms with Gasteiger partial charge >= 0.3 is 11.9 Å². The van der Waals surface area contributed by atoms with Gasteiger partial charge in [0.2, 0.25) is 0 Å². The summed E-state index contributed by atoms with van der Waals surface area (Å²) in [5.74, 6) is 0.176. The summed E-state index contributed by atoms with van der Waals surface area (Å²) < 4.78 is 17.7. The summed E-state index contributed by atoms with van der Waals surface area (Å²) in [5, 5.41) is 0. The van der Waals surface area contributed by atoms with Crippen LogP contribution in [0.1, 0.15) is 58.8 Å². The van der Waals surface area contributed by atoms with Crippen molar-refractivity contribution in [2.75, 3.05) is 7.11 Å². The number of fused-ring (bicyclic) bond motifs is 9. The average Bonchev–Trinajstić information content (AvgIpc) is 3.35. The molecule has 6 nitrogen and oxygen atoms in total. The molecule has 2 heterocycles. The number of hydrogen-bond acceptors (Lipinski definition) is 6. The zero-order chi connectivity index (χ0) is 21.1. The molecule has 2 aliphatic heterocycles. The maximum atomic E-state index is 13.0. The number of allylic oxidation sites excluding steroid dienone is 1. The van der Waals surface area contributed by atoms with Crippen LogP contribution in [0.3, 0.4) is 0 Å². The summed E-state index contributed by atoms with van der Waals surface area (Å²) in [7, 11) is 1.46. The van der Waals surface area contributed by atoms with Crippen molar-refractivity contribution in [2.45, 2.75) is 76.6 Å². The van der Waals surface area contributed by atoms with Gasteiger partial charge in [0.25, 0.3) is 0 Å². The van der Waals surface area contributed by atoms with Crippen molar-refractivity contribution in [3.8, 4) is 0 Å².